The van der Waals surface area contributed by atoms with E-state index in [4.69, 9.17) is 4.74 Å². The number of carbonyl (C=O) groups excluding carboxylic acids is 1. The third-order valence-corrected chi connectivity index (χ3v) is 6.03. The summed E-state index contributed by atoms with van der Waals surface area (Å²) in [6, 6.07) is 6.84. The predicted molar refractivity (Wildman–Crippen MR) is 137 cm³/mol. The average molecular weight is 463 g/mol. The lowest BCUT2D eigenvalue weighted by Crippen LogP contribution is -2.04. The normalized spacial score (nSPS) is 10.8. The van der Waals surface area contributed by atoms with Gasteiger partial charge in [-0.3, -0.25) is 14.9 Å². The highest BCUT2D eigenvalue weighted by Crippen LogP contribution is 2.23. The minimum absolute atomic E-state index is 0.0521. The molecule has 6 nitrogen and oxygen atoms in total. The van der Waals surface area contributed by atoms with Crippen LogP contribution in [-0.2, 0) is 9.53 Å². The fraction of sp³-hybridized carbons (Fsp3) is 0.741. The second-order valence-corrected chi connectivity index (χ2v) is 8.91. The van der Waals surface area contributed by atoms with Crippen molar-refractivity contribution in [3.63, 3.8) is 0 Å². The van der Waals surface area contributed by atoms with Crippen LogP contribution >= 0.6 is 0 Å². The Labute approximate surface area is 201 Å². The van der Waals surface area contributed by atoms with Gasteiger partial charge in [-0.15, -0.1) is 0 Å². The largest absolute Gasteiger partial charge is 0.466 e. The number of benzene rings is 1. The fourth-order valence-corrected chi connectivity index (χ4v) is 4.11. The van der Waals surface area contributed by atoms with Crippen LogP contribution in [0.1, 0.15) is 116 Å². The van der Waals surface area contributed by atoms with E-state index in [1.54, 1.807) is 18.2 Å². The summed E-state index contributed by atoms with van der Waals surface area (Å²) in [5, 5.41) is 14.2. The van der Waals surface area contributed by atoms with Crippen molar-refractivity contribution in [2.45, 2.75) is 116 Å². The maximum atomic E-state index is 11.2. The third-order valence-electron chi connectivity index (χ3n) is 6.03. The van der Waals surface area contributed by atoms with Gasteiger partial charge in [-0.05, 0) is 25.8 Å². The Balaban J connectivity index is 1.78. The van der Waals surface area contributed by atoms with E-state index < -0.39 is 0 Å². The van der Waals surface area contributed by atoms with Crippen molar-refractivity contribution in [1.82, 2.24) is 0 Å². The predicted octanol–water partition coefficient (Wildman–Crippen LogP) is 8.20. The zero-order valence-corrected chi connectivity index (χ0v) is 20.8. The molecule has 0 saturated carbocycles. The average Bonchev–Trinajstić information content (AvgIpc) is 2.81. The molecule has 0 radical (unpaired) electrons. The third kappa shape index (κ3) is 16.2. The maximum absolute atomic E-state index is 11.2. The summed E-state index contributed by atoms with van der Waals surface area (Å²) in [7, 11) is 0. The molecule has 0 amide bonds. The van der Waals surface area contributed by atoms with Crippen molar-refractivity contribution in [2.24, 2.45) is 0 Å². The Morgan fingerprint density at radius 2 is 1.24 bits per heavy atom. The molecular weight excluding hydrogens is 416 g/mol. The summed E-state index contributed by atoms with van der Waals surface area (Å²) in [5.41, 5.74) is 0.772. The monoisotopic (exact) mass is 462 g/mol. The number of ether oxygens (including phenoxy) is 1. The van der Waals surface area contributed by atoms with Crippen molar-refractivity contribution in [2.75, 3.05) is 18.5 Å². The molecule has 0 aliphatic carbocycles. The Hall–Kier alpha value is -2.11. The van der Waals surface area contributed by atoms with E-state index in [0.29, 0.717) is 18.7 Å². The van der Waals surface area contributed by atoms with Gasteiger partial charge in [0.25, 0.3) is 5.69 Å². The van der Waals surface area contributed by atoms with Gasteiger partial charge in [0.2, 0.25) is 0 Å². The summed E-state index contributed by atoms with van der Waals surface area (Å²) in [6.45, 7) is 3.13. The quantitative estimate of drug-likeness (QED) is 0.0812. The van der Waals surface area contributed by atoms with Gasteiger partial charge in [-0.25, -0.2) is 0 Å². The lowest BCUT2D eigenvalue weighted by molar-refractivity contribution is -0.384. The number of carbonyl (C=O) groups is 1. The molecule has 188 valence electrons. The molecule has 0 atom stereocenters. The van der Waals surface area contributed by atoms with Gasteiger partial charge < -0.3 is 10.1 Å². The second kappa shape index (κ2) is 20.5. The van der Waals surface area contributed by atoms with Crippen molar-refractivity contribution < 1.29 is 14.5 Å². The molecule has 33 heavy (non-hydrogen) atoms. The van der Waals surface area contributed by atoms with Crippen LogP contribution < -0.4 is 5.32 Å². The fourth-order valence-electron chi connectivity index (χ4n) is 4.11. The van der Waals surface area contributed by atoms with Gasteiger partial charge in [-0.2, -0.15) is 0 Å². The molecule has 0 aliphatic heterocycles. The summed E-state index contributed by atoms with van der Waals surface area (Å²) in [6.07, 6.45) is 20.8. The topological polar surface area (TPSA) is 81.5 Å². The van der Waals surface area contributed by atoms with Gasteiger partial charge in [0.05, 0.1) is 11.5 Å². The number of unbranched alkanes of at least 4 members (excludes halogenated alkanes) is 15. The van der Waals surface area contributed by atoms with E-state index >= 15 is 0 Å². The van der Waals surface area contributed by atoms with Crippen LogP contribution in [0.4, 0.5) is 11.4 Å². The van der Waals surface area contributed by atoms with Crippen LogP contribution in [0.5, 0.6) is 0 Å². The van der Waals surface area contributed by atoms with Gasteiger partial charge in [-0.1, -0.05) is 102 Å². The molecule has 0 saturated heterocycles. The first-order valence-corrected chi connectivity index (χ1v) is 13.3. The number of para-hydroxylation sites is 2. The molecule has 0 fully saturated rings. The van der Waals surface area contributed by atoms with Crippen molar-refractivity contribution in [3.05, 3.63) is 34.4 Å². The van der Waals surface area contributed by atoms with Crippen molar-refractivity contribution in [3.8, 4) is 0 Å². The second-order valence-electron chi connectivity index (χ2n) is 8.91. The van der Waals surface area contributed by atoms with E-state index in [0.717, 1.165) is 25.8 Å². The minimum Gasteiger partial charge on any atom is -0.466 e. The number of nitro benzene ring substituents is 1. The van der Waals surface area contributed by atoms with Crippen LogP contribution in [0.3, 0.4) is 0 Å². The summed E-state index contributed by atoms with van der Waals surface area (Å²) in [4.78, 5) is 21.9. The van der Waals surface area contributed by atoms with Crippen LogP contribution in [0, 0.1) is 10.1 Å². The molecule has 6 heteroatoms. The summed E-state index contributed by atoms with van der Waals surface area (Å²) < 4.78 is 4.94. The molecule has 0 unspecified atom stereocenters. The van der Waals surface area contributed by atoms with E-state index in [-0.39, 0.29) is 16.6 Å². The first-order chi connectivity index (χ1) is 16.1. The lowest BCUT2D eigenvalue weighted by Gasteiger charge is -2.07. The van der Waals surface area contributed by atoms with E-state index in [1.807, 2.05) is 13.0 Å². The number of esters is 1. The lowest BCUT2D eigenvalue weighted by atomic mass is 10.0. The number of hydrogen-bond donors (Lipinski definition) is 1. The Morgan fingerprint density at radius 3 is 1.73 bits per heavy atom. The Kier molecular flexibility index (Phi) is 18.0. The molecule has 1 rings (SSSR count). The van der Waals surface area contributed by atoms with E-state index in [1.165, 1.54) is 83.5 Å². The number of nitrogens with zero attached hydrogens (tertiary/aromatic N) is 1. The van der Waals surface area contributed by atoms with Gasteiger partial charge >= 0.3 is 5.97 Å². The van der Waals surface area contributed by atoms with Crippen LogP contribution in [-0.4, -0.2) is 24.0 Å². The Morgan fingerprint density at radius 1 is 0.788 bits per heavy atom. The molecule has 0 spiro atoms. The number of rotatable bonds is 22. The molecule has 0 aliphatic rings. The molecule has 1 N–H and O–H groups in total. The molecule has 0 heterocycles. The minimum atomic E-state index is -0.332. The SMILES string of the molecule is CCOC(=O)CCCCCCCCCCCCCCCCCCNc1ccccc1[N+](=O)[O-]. The van der Waals surface area contributed by atoms with Crippen LogP contribution in [0.15, 0.2) is 24.3 Å². The first kappa shape index (κ1) is 28.9. The number of anilines is 1. The molecule has 1 aromatic carbocycles. The molecule has 0 bridgehead atoms. The van der Waals surface area contributed by atoms with Crippen LogP contribution in [0.25, 0.3) is 0 Å². The summed E-state index contributed by atoms with van der Waals surface area (Å²) in [5.74, 6) is -0.0521. The first-order valence-electron chi connectivity index (χ1n) is 13.3. The zero-order chi connectivity index (χ0) is 24.0. The van der Waals surface area contributed by atoms with Gasteiger partial charge in [0.1, 0.15) is 5.69 Å². The smallest absolute Gasteiger partial charge is 0.305 e. The molecule has 0 aromatic heterocycles. The van der Waals surface area contributed by atoms with Crippen LogP contribution in [0.2, 0.25) is 0 Å². The number of hydrogen-bond acceptors (Lipinski definition) is 5. The number of nitrogens with one attached hydrogen (secondary N) is 1. The molecular formula is C27H46N2O4. The van der Waals surface area contributed by atoms with Crippen molar-refractivity contribution in [1.29, 1.82) is 0 Å². The van der Waals surface area contributed by atoms with Crippen molar-refractivity contribution >= 4 is 17.3 Å². The Bertz CT molecular complexity index is 636. The van der Waals surface area contributed by atoms with Gasteiger partial charge in [0.15, 0.2) is 0 Å². The zero-order valence-electron chi connectivity index (χ0n) is 20.8. The highest BCUT2D eigenvalue weighted by Gasteiger charge is 2.10. The number of nitro groups is 1. The maximum Gasteiger partial charge on any atom is 0.305 e. The van der Waals surface area contributed by atoms with E-state index in [2.05, 4.69) is 5.32 Å². The highest BCUT2D eigenvalue weighted by molar-refractivity contribution is 5.69. The molecule has 1 aromatic rings. The van der Waals surface area contributed by atoms with E-state index in [9.17, 15) is 14.9 Å². The van der Waals surface area contributed by atoms with Gasteiger partial charge in [0, 0.05) is 19.0 Å². The highest BCUT2D eigenvalue weighted by atomic mass is 16.6. The summed E-state index contributed by atoms with van der Waals surface area (Å²) >= 11 is 0. The standard InChI is InChI=1S/C27H46N2O4/c1-2-33-27(30)23-17-15-13-11-9-7-5-3-4-6-8-10-12-14-16-20-24-28-25-21-18-19-22-26(25)29(31)32/h18-19,21-22,28H,2-17,20,23-24H2,1H3.